The zero-order valence-corrected chi connectivity index (χ0v) is 11.4. The van der Waals surface area contributed by atoms with Crippen LogP contribution in [0.4, 0.5) is 5.69 Å². The van der Waals surface area contributed by atoms with Crippen LogP contribution in [0.15, 0.2) is 29.3 Å². The first-order chi connectivity index (χ1) is 9.66. The van der Waals surface area contributed by atoms with Crippen molar-refractivity contribution in [3.63, 3.8) is 0 Å². The highest BCUT2D eigenvalue weighted by atomic mass is 16.6. The molecular formula is C14H20N4O2. The molecule has 0 bridgehead atoms. The van der Waals surface area contributed by atoms with Gasteiger partial charge in [-0.3, -0.25) is 10.1 Å². The molecule has 6 nitrogen and oxygen atoms in total. The number of nitro groups is 1. The van der Waals surface area contributed by atoms with Crippen LogP contribution in [-0.2, 0) is 6.54 Å². The molecule has 0 aromatic heterocycles. The van der Waals surface area contributed by atoms with Crippen molar-refractivity contribution < 1.29 is 4.92 Å². The topological polar surface area (TPSA) is 93.5 Å². The maximum absolute atomic E-state index is 10.9. The van der Waals surface area contributed by atoms with E-state index in [0.717, 1.165) is 12.8 Å². The van der Waals surface area contributed by atoms with Gasteiger partial charge in [0, 0.05) is 12.1 Å². The molecule has 0 aliphatic heterocycles. The van der Waals surface area contributed by atoms with E-state index in [2.05, 4.69) is 10.3 Å². The lowest BCUT2D eigenvalue weighted by atomic mass is 9.96. The zero-order chi connectivity index (χ0) is 14.4. The van der Waals surface area contributed by atoms with E-state index < -0.39 is 4.92 Å². The van der Waals surface area contributed by atoms with Crippen LogP contribution in [0, 0.1) is 10.1 Å². The van der Waals surface area contributed by atoms with Crippen LogP contribution in [0.2, 0.25) is 0 Å². The highest BCUT2D eigenvalue weighted by molar-refractivity contribution is 5.78. The average Bonchev–Trinajstić information content (AvgIpc) is 2.46. The van der Waals surface area contributed by atoms with Gasteiger partial charge in [-0.1, -0.05) is 37.5 Å². The van der Waals surface area contributed by atoms with Gasteiger partial charge >= 0.3 is 0 Å². The lowest BCUT2D eigenvalue weighted by Crippen LogP contribution is -2.41. The Hall–Kier alpha value is -2.11. The van der Waals surface area contributed by atoms with E-state index >= 15 is 0 Å². The number of nitrogens with zero attached hydrogens (tertiary/aromatic N) is 2. The lowest BCUT2D eigenvalue weighted by molar-refractivity contribution is -0.385. The quantitative estimate of drug-likeness (QED) is 0.382. The molecule has 1 saturated carbocycles. The maximum atomic E-state index is 10.9. The number of guanidine groups is 1. The van der Waals surface area contributed by atoms with Crippen LogP contribution in [0.1, 0.15) is 37.7 Å². The second-order valence-electron chi connectivity index (χ2n) is 5.07. The predicted octanol–water partition coefficient (Wildman–Crippen LogP) is 2.33. The molecule has 3 N–H and O–H groups in total. The van der Waals surface area contributed by atoms with Gasteiger partial charge in [-0.15, -0.1) is 0 Å². The normalized spacial score (nSPS) is 16.9. The van der Waals surface area contributed by atoms with Crippen molar-refractivity contribution in [3.8, 4) is 0 Å². The van der Waals surface area contributed by atoms with Crippen LogP contribution < -0.4 is 11.1 Å². The van der Waals surface area contributed by atoms with Gasteiger partial charge in [0.15, 0.2) is 5.96 Å². The van der Waals surface area contributed by atoms with Crippen molar-refractivity contribution in [3.05, 3.63) is 39.9 Å². The van der Waals surface area contributed by atoms with Crippen LogP contribution >= 0.6 is 0 Å². The van der Waals surface area contributed by atoms with Crippen LogP contribution in [0.5, 0.6) is 0 Å². The van der Waals surface area contributed by atoms with Crippen molar-refractivity contribution in [1.29, 1.82) is 0 Å². The number of aliphatic imine (C=N–C) groups is 1. The molecule has 0 amide bonds. The highest BCUT2D eigenvalue weighted by Gasteiger charge is 2.14. The first-order valence-electron chi connectivity index (χ1n) is 6.95. The first-order valence-corrected chi connectivity index (χ1v) is 6.95. The van der Waals surface area contributed by atoms with Gasteiger partial charge in [0.1, 0.15) is 0 Å². The standard InChI is InChI=1S/C14H20N4O2/c15-14(17-12-7-2-1-3-8-12)16-10-11-6-4-5-9-13(11)18(19)20/h4-6,9,12H,1-3,7-8,10H2,(H3,15,16,17). The molecule has 0 heterocycles. The number of rotatable bonds is 4. The molecule has 0 unspecified atom stereocenters. The second kappa shape index (κ2) is 6.88. The molecule has 1 aromatic carbocycles. The van der Waals surface area contributed by atoms with Gasteiger partial charge in [0.2, 0.25) is 0 Å². The fourth-order valence-electron chi connectivity index (χ4n) is 2.49. The Morgan fingerprint density at radius 2 is 2.05 bits per heavy atom. The minimum atomic E-state index is -0.393. The Morgan fingerprint density at radius 3 is 2.75 bits per heavy atom. The number of nitrogens with two attached hydrogens (primary N) is 1. The molecule has 6 heteroatoms. The van der Waals surface area contributed by atoms with E-state index in [9.17, 15) is 10.1 Å². The summed E-state index contributed by atoms with van der Waals surface area (Å²) in [7, 11) is 0. The zero-order valence-electron chi connectivity index (χ0n) is 11.4. The van der Waals surface area contributed by atoms with Gasteiger partial charge in [0.05, 0.1) is 17.0 Å². The molecular weight excluding hydrogens is 256 g/mol. The number of para-hydroxylation sites is 1. The number of benzene rings is 1. The summed E-state index contributed by atoms with van der Waals surface area (Å²) in [6.07, 6.45) is 5.94. The molecule has 1 aliphatic rings. The minimum Gasteiger partial charge on any atom is -0.370 e. The lowest BCUT2D eigenvalue weighted by Gasteiger charge is -2.23. The third-order valence-corrected chi connectivity index (χ3v) is 3.57. The van der Waals surface area contributed by atoms with Gasteiger partial charge < -0.3 is 11.1 Å². The molecule has 1 aromatic rings. The monoisotopic (exact) mass is 276 g/mol. The third kappa shape index (κ3) is 3.94. The predicted molar refractivity (Wildman–Crippen MR) is 78.4 cm³/mol. The number of nitrogens with one attached hydrogen (secondary N) is 1. The van der Waals surface area contributed by atoms with Gasteiger partial charge in [-0.25, -0.2) is 4.99 Å². The molecule has 0 atom stereocenters. The fraction of sp³-hybridized carbons (Fsp3) is 0.500. The van der Waals surface area contributed by atoms with Crippen molar-refractivity contribution in [2.75, 3.05) is 0 Å². The van der Waals surface area contributed by atoms with E-state index in [0.29, 0.717) is 17.6 Å². The molecule has 0 radical (unpaired) electrons. The van der Waals surface area contributed by atoms with Crippen molar-refractivity contribution in [1.82, 2.24) is 5.32 Å². The number of nitro benzene ring substituents is 1. The summed E-state index contributed by atoms with van der Waals surface area (Å²) in [6.45, 7) is 0.225. The Kier molecular flexibility index (Phi) is 4.92. The molecule has 20 heavy (non-hydrogen) atoms. The number of hydrogen-bond donors (Lipinski definition) is 2. The van der Waals surface area contributed by atoms with Crippen LogP contribution in [0.3, 0.4) is 0 Å². The first kappa shape index (κ1) is 14.3. The molecule has 0 saturated heterocycles. The van der Waals surface area contributed by atoms with E-state index in [-0.39, 0.29) is 12.2 Å². The van der Waals surface area contributed by atoms with Crippen molar-refractivity contribution >= 4 is 11.6 Å². The molecule has 1 aliphatic carbocycles. The highest BCUT2D eigenvalue weighted by Crippen LogP contribution is 2.19. The van der Waals surface area contributed by atoms with E-state index in [1.807, 2.05) is 0 Å². The summed E-state index contributed by atoms with van der Waals surface area (Å²) >= 11 is 0. The Morgan fingerprint density at radius 1 is 1.35 bits per heavy atom. The fourth-order valence-corrected chi connectivity index (χ4v) is 2.49. The Labute approximate surface area is 118 Å². The number of hydrogen-bond acceptors (Lipinski definition) is 3. The average molecular weight is 276 g/mol. The molecule has 0 spiro atoms. The van der Waals surface area contributed by atoms with E-state index in [4.69, 9.17) is 5.73 Å². The Balaban J connectivity index is 1.96. The van der Waals surface area contributed by atoms with Crippen LogP contribution in [-0.4, -0.2) is 16.9 Å². The summed E-state index contributed by atoms with van der Waals surface area (Å²) in [5.41, 5.74) is 6.51. The van der Waals surface area contributed by atoms with Gasteiger partial charge in [0.25, 0.3) is 5.69 Å². The van der Waals surface area contributed by atoms with Gasteiger partial charge in [-0.2, -0.15) is 0 Å². The maximum Gasteiger partial charge on any atom is 0.274 e. The van der Waals surface area contributed by atoms with Crippen molar-refractivity contribution in [2.45, 2.75) is 44.7 Å². The SMILES string of the molecule is NC(=NCc1ccccc1[N+](=O)[O-])NC1CCCCC1. The molecule has 1 fully saturated rings. The van der Waals surface area contributed by atoms with E-state index in [1.54, 1.807) is 18.2 Å². The van der Waals surface area contributed by atoms with Crippen molar-refractivity contribution in [2.24, 2.45) is 10.7 Å². The minimum absolute atomic E-state index is 0.0849. The largest absolute Gasteiger partial charge is 0.370 e. The summed E-state index contributed by atoms with van der Waals surface area (Å²) < 4.78 is 0. The molecule has 2 rings (SSSR count). The van der Waals surface area contributed by atoms with Crippen LogP contribution in [0.25, 0.3) is 0 Å². The smallest absolute Gasteiger partial charge is 0.274 e. The second-order valence-corrected chi connectivity index (χ2v) is 5.07. The summed E-state index contributed by atoms with van der Waals surface area (Å²) in [5, 5.41) is 14.1. The summed E-state index contributed by atoms with van der Waals surface area (Å²) in [5.74, 6) is 0.370. The van der Waals surface area contributed by atoms with E-state index in [1.165, 1.54) is 25.3 Å². The van der Waals surface area contributed by atoms with Gasteiger partial charge in [-0.05, 0) is 12.8 Å². The third-order valence-electron chi connectivity index (χ3n) is 3.57. The summed E-state index contributed by atoms with van der Waals surface area (Å²) in [4.78, 5) is 14.7. The Bertz CT molecular complexity index is 496. The summed E-state index contributed by atoms with van der Waals surface area (Å²) in [6, 6.07) is 6.99. The molecule has 108 valence electrons.